The number of ether oxygens (including phenoxy) is 1. The summed E-state index contributed by atoms with van der Waals surface area (Å²) in [5, 5.41) is 0. The molecule has 1 rings (SSSR count). The molecule has 0 aromatic carbocycles. The first kappa shape index (κ1) is 3.15. The van der Waals surface area contributed by atoms with Gasteiger partial charge in [-0.2, -0.15) is 0 Å². The van der Waals surface area contributed by atoms with Crippen LogP contribution in [0, 0.1) is 5.82 Å². The van der Waals surface area contributed by atoms with Crippen molar-refractivity contribution in [3.05, 3.63) is 24.1 Å². The summed E-state index contributed by atoms with van der Waals surface area (Å²) in [6, 6.07) is 2.01. The van der Waals surface area contributed by atoms with Crippen LogP contribution < -0.4 is 4.74 Å². The van der Waals surface area contributed by atoms with Crippen LogP contribution in [-0.4, -0.2) is 12.0 Å². The van der Waals surface area contributed by atoms with E-state index in [1.165, 1.54) is 0 Å². The number of methoxy groups -OCH3 is 1. The third kappa shape index (κ3) is 1.38. The average molecular weight is 130 g/mol. The van der Waals surface area contributed by atoms with E-state index in [1.54, 1.807) is 0 Å². The standard InChI is InChI=1S/C6H6FNO/c1-9-6-4-5(7)2-3-8-6/h2-4H,1H3/i1D3. The summed E-state index contributed by atoms with van der Waals surface area (Å²) in [7, 11) is -2.58. The third-order valence-electron chi connectivity index (χ3n) is 0.801. The van der Waals surface area contributed by atoms with E-state index in [0.717, 1.165) is 18.3 Å². The monoisotopic (exact) mass is 130 g/mol. The highest BCUT2D eigenvalue weighted by atomic mass is 19.1. The van der Waals surface area contributed by atoms with E-state index in [0.29, 0.717) is 0 Å². The summed E-state index contributed by atoms with van der Waals surface area (Å²) in [5.41, 5.74) is 0. The van der Waals surface area contributed by atoms with Gasteiger partial charge in [0.15, 0.2) is 0 Å². The predicted molar refractivity (Wildman–Crippen MR) is 30.7 cm³/mol. The van der Waals surface area contributed by atoms with E-state index in [4.69, 9.17) is 4.11 Å². The highest BCUT2D eigenvalue weighted by molar-refractivity contribution is 5.10. The van der Waals surface area contributed by atoms with Gasteiger partial charge in [0.25, 0.3) is 0 Å². The lowest BCUT2D eigenvalue weighted by Gasteiger charge is -1.94. The molecule has 1 aromatic rings. The molecule has 0 N–H and O–H groups in total. The molecule has 0 aliphatic carbocycles. The molecule has 0 bridgehead atoms. The molecule has 9 heavy (non-hydrogen) atoms. The van der Waals surface area contributed by atoms with Gasteiger partial charge >= 0.3 is 0 Å². The summed E-state index contributed by atoms with van der Waals surface area (Å²) in [4.78, 5) is 3.50. The molecule has 0 spiro atoms. The van der Waals surface area contributed by atoms with Gasteiger partial charge in [-0.15, -0.1) is 0 Å². The first-order chi connectivity index (χ1) is 5.47. The lowest BCUT2D eigenvalue weighted by atomic mass is 10.5. The highest BCUT2D eigenvalue weighted by Gasteiger charge is 1.91. The highest BCUT2D eigenvalue weighted by Crippen LogP contribution is 2.05. The third-order valence-corrected chi connectivity index (χ3v) is 0.801. The van der Waals surface area contributed by atoms with Gasteiger partial charge in [-0.25, -0.2) is 9.37 Å². The molecule has 0 atom stereocenters. The normalized spacial score (nSPS) is 15.4. The Labute approximate surface area is 56.5 Å². The molecular formula is C6H6FNO. The Morgan fingerprint density at radius 1 is 1.89 bits per heavy atom. The number of hydrogen-bond acceptors (Lipinski definition) is 2. The van der Waals surface area contributed by atoms with E-state index in [-0.39, 0.29) is 5.88 Å². The average Bonchev–Trinajstić information content (AvgIpc) is 1.82. The summed E-state index contributed by atoms with van der Waals surface area (Å²) < 4.78 is 36.8. The number of rotatable bonds is 1. The van der Waals surface area contributed by atoms with E-state index >= 15 is 0 Å². The fourth-order valence-electron chi connectivity index (χ4n) is 0.441. The van der Waals surface area contributed by atoms with Crippen molar-refractivity contribution >= 4 is 0 Å². The second-order valence-corrected chi connectivity index (χ2v) is 1.41. The van der Waals surface area contributed by atoms with Crippen molar-refractivity contribution in [1.82, 2.24) is 4.98 Å². The van der Waals surface area contributed by atoms with Crippen LogP contribution in [0.15, 0.2) is 18.3 Å². The first-order valence-corrected chi connectivity index (χ1v) is 2.28. The molecule has 0 amide bonds. The van der Waals surface area contributed by atoms with E-state index in [1.807, 2.05) is 0 Å². The van der Waals surface area contributed by atoms with Crippen molar-refractivity contribution in [1.29, 1.82) is 0 Å². The molecule has 1 heterocycles. The van der Waals surface area contributed by atoms with Crippen molar-refractivity contribution in [2.45, 2.75) is 0 Å². The summed E-state index contributed by atoms with van der Waals surface area (Å²) in [6.45, 7) is 0. The van der Waals surface area contributed by atoms with Crippen LogP contribution in [0.3, 0.4) is 0 Å². The molecule has 48 valence electrons. The summed E-state index contributed by atoms with van der Waals surface area (Å²) in [5.74, 6) is -0.820. The minimum absolute atomic E-state index is 0.241. The Morgan fingerprint density at radius 3 is 3.44 bits per heavy atom. The molecule has 0 unspecified atom stereocenters. The SMILES string of the molecule is [2H]C([2H])([2H])Oc1cc(F)ccn1. The van der Waals surface area contributed by atoms with Gasteiger partial charge in [0.05, 0.1) is 11.2 Å². The van der Waals surface area contributed by atoms with Crippen molar-refractivity contribution < 1.29 is 13.2 Å². The molecule has 0 fully saturated rings. The maximum atomic E-state index is 12.4. The molecular weight excluding hydrogens is 121 g/mol. The zero-order valence-electron chi connectivity index (χ0n) is 7.47. The molecule has 0 saturated carbocycles. The quantitative estimate of drug-likeness (QED) is 0.570. The van der Waals surface area contributed by atoms with Crippen molar-refractivity contribution in [3.63, 3.8) is 0 Å². The van der Waals surface area contributed by atoms with Gasteiger partial charge in [0, 0.05) is 12.3 Å². The zero-order valence-corrected chi connectivity index (χ0v) is 4.47. The van der Waals surface area contributed by atoms with Crippen LogP contribution in [0.4, 0.5) is 4.39 Å². The van der Waals surface area contributed by atoms with Gasteiger partial charge in [0.2, 0.25) is 5.88 Å². The second kappa shape index (κ2) is 2.44. The van der Waals surface area contributed by atoms with Crippen molar-refractivity contribution in [2.75, 3.05) is 7.04 Å². The maximum Gasteiger partial charge on any atom is 0.215 e. The summed E-state index contributed by atoms with van der Waals surface area (Å²) >= 11 is 0. The van der Waals surface area contributed by atoms with Gasteiger partial charge in [-0.3, -0.25) is 0 Å². The van der Waals surface area contributed by atoms with Gasteiger partial charge in [-0.05, 0) is 6.07 Å². The largest absolute Gasteiger partial charge is 0.481 e. The minimum Gasteiger partial charge on any atom is -0.481 e. The molecule has 0 saturated heterocycles. The Kier molecular flexibility index (Phi) is 0.853. The van der Waals surface area contributed by atoms with Gasteiger partial charge in [-0.1, -0.05) is 0 Å². The Bertz CT molecular complexity index is 276. The number of hydrogen-bond donors (Lipinski definition) is 0. The zero-order chi connectivity index (χ0) is 9.19. The van der Waals surface area contributed by atoms with Gasteiger partial charge < -0.3 is 4.74 Å². The van der Waals surface area contributed by atoms with Crippen molar-refractivity contribution in [2.24, 2.45) is 0 Å². The lowest BCUT2D eigenvalue weighted by Crippen LogP contribution is -1.86. The van der Waals surface area contributed by atoms with Crippen LogP contribution >= 0.6 is 0 Å². The fourth-order valence-corrected chi connectivity index (χ4v) is 0.441. The molecule has 1 aromatic heterocycles. The Balaban J connectivity index is 2.77. The van der Waals surface area contributed by atoms with Crippen LogP contribution in [0.5, 0.6) is 5.88 Å². The van der Waals surface area contributed by atoms with Crippen LogP contribution in [0.2, 0.25) is 0 Å². The smallest absolute Gasteiger partial charge is 0.215 e. The fraction of sp³-hybridized carbons (Fsp3) is 0.167. The Morgan fingerprint density at radius 2 is 2.78 bits per heavy atom. The lowest BCUT2D eigenvalue weighted by molar-refractivity contribution is 0.394. The molecule has 0 radical (unpaired) electrons. The number of aromatic nitrogens is 1. The molecule has 2 nitrogen and oxygen atoms in total. The molecule has 0 aliphatic heterocycles. The molecule has 3 heteroatoms. The van der Waals surface area contributed by atoms with E-state index < -0.39 is 12.9 Å². The Hall–Kier alpha value is -1.12. The number of pyridine rings is 1. The van der Waals surface area contributed by atoms with Crippen LogP contribution in [0.25, 0.3) is 0 Å². The topological polar surface area (TPSA) is 22.1 Å². The summed E-state index contributed by atoms with van der Waals surface area (Å²) in [6.07, 6.45) is 1.14. The van der Waals surface area contributed by atoms with Crippen LogP contribution in [-0.2, 0) is 0 Å². The van der Waals surface area contributed by atoms with Gasteiger partial charge in [0.1, 0.15) is 5.82 Å². The molecule has 0 aliphatic rings. The van der Waals surface area contributed by atoms with E-state index in [9.17, 15) is 4.39 Å². The second-order valence-electron chi connectivity index (χ2n) is 1.41. The van der Waals surface area contributed by atoms with E-state index in [2.05, 4.69) is 9.72 Å². The maximum absolute atomic E-state index is 12.4. The predicted octanol–water partition coefficient (Wildman–Crippen LogP) is 1.23. The number of halogens is 1. The van der Waals surface area contributed by atoms with Crippen LogP contribution in [0.1, 0.15) is 4.11 Å². The van der Waals surface area contributed by atoms with Crippen molar-refractivity contribution in [3.8, 4) is 5.88 Å². The number of nitrogens with zero attached hydrogens (tertiary/aromatic N) is 1. The minimum atomic E-state index is -2.58. The first-order valence-electron chi connectivity index (χ1n) is 3.78.